The molecule has 132 valence electrons. The van der Waals surface area contributed by atoms with Gasteiger partial charge in [-0.3, -0.25) is 9.59 Å². The maximum absolute atomic E-state index is 12.4. The van der Waals surface area contributed by atoms with E-state index >= 15 is 0 Å². The fourth-order valence-corrected chi connectivity index (χ4v) is 3.36. The van der Waals surface area contributed by atoms with Gasteiger partial charge in [-0.25, -0.2) is 4.98 Å². The van der Waals surface area contributed by atoms with Gasteiger partial charge in [0, 0.05) is 29.7 Å². The number of benzene rings is 1. The number of carbonyl (C=O) groups excluding carboxylic acids is 2. The number of aryl methyl sites for hydroxylation is 1. The zero-order chi connectivity index (χ0) is 17.8. The minimum absolute atomic E-state index is 0.0438. The molecule has 0 unspecified atom stereocenters. The van der Waals surface area contributed by atoms with E-state index in [1.54, 1.807) is 11.1 Å². The van der Waals surface area contributed by atoms with Gasteiger partial charge in [0.2, 0.25) is 11.8 Å². The molecule has 1 aliphatic heterocycles. The first-order valence-corrected chi connectivity index (χ1v) is 9.15. The number of carbonyl (C=O) groups is 2. The Labute approximate surface area is 150 Å². The molecule has 0 bridgehead atoms. The Morgan fingerprint density at radius 1 is 1.40 bits per heavy atom. The van der Waals surface area contributed by atoms with E-state index in [0.717, 1.165) is 22.7 Å². The van der Waals surface area contributed by atoms with Gasteiger partial charge in [-0.15, -0.1) is 11.3 Å². The molecule has 1 aliphatic rings. The van der Waals surface area contributed by atoms with Crippen LogP contribution < -0.4 is 15.0 Å². The van der Waals surface area contributed by atoms with Gasteiger partial charge in [0.15, 0.2) is 5.13 Å². The number of thiazole rings is 1. The van der Waals surface area contributed by atoms with Gasteiger partial charge in [-0.2, -0.15) is 0 Å². The molecule has 2 aromatic rings. The van der Waals surface area contributed by atoms with Crippen LogP contribution in [0.5, 0.6) is 5.75 Å². The largest absolute Gasteiger partial charge is 0.494 e. The van der Waals surface area contributed by atoms with Crippen LogP contribution in [-0.2, 0) is 9.59 Å². The highest BCUT2D eigenvalue weighted by atomic mass is 32.1. The third-order valence-corrected chi connectivity index (χ3v) is 4.80. The molecule has 0 aliphatic carbocycles. The summed E-state index contributed by atoms with van der Waals surface area (Å²) >= 11 is 1.43. The molecule has 1 N–H and O–H groups in total. The molecule has 3 rings (SSSR count). The van der Waals surface area contributed by atoms with Crippen LogP contribution in [0.25, 0.3) is 0 Å². The first-order valence-electron chi connectivity index (χ1n) is 8.33. The molecule has 2 amide bonds. The van der Waals surface area contributed by atoms with Gasteiger partial charge < -0.3 is 15.0 Å². The molecule has 1 atom stereocenters. The summed E-state index contributed by atoms with van der Waals surface area (Å²) in [7, 11) is 0. The number of anilines is 2. The lowest BCUT2D eigenvalue weighted by molar-refractivity contribution is -0.122. The summed E-state index contributed by atoms with van der Waals surface area (Å²) in [5.74, 6) is 0.212. The number of nitrogens with zero attached hydrogens (tertiary/aromatic N) is 2. The molecule has 0 radical (unpaired) electrons. The van der Waals surface area contributed by atoms with E-state index in [9.17, 15) is 9.59 Å². The van der Waals surface area contributed by atoms with E-state index in [1.165, 1.54) is 11.3 Å². The molecule has 0 saturated carbocycles. The van der Waals surface area contributed by atoms with Gasteiger partial charge in [0.1, 0.15) is 5.75 Å². The summed E-state index contributed by atoms with van der Waals surface area (Å²) in [5, 5.41) is 3.37. The van der Waals surface area contributed by atoms with Crippen LogP contribution >= 0.6 is 11.3 Å². The van der Waals surface area contributed by atoms with E-state index in [0.29, 0.717) is 18.3 Å². The summed E-state index contributed by atoms with van der Waals surface area (Å²) in [6, 6.07) is 7.41. The lowest BCUT2D eigenvalue weighted by Gasteiger charge is -2.17. The topological polar surface area (TPSA) is 71.5 Å². The maximum Gasteiger partial charge on any atom is 0.231 e. The molecule has 1 aromatic heterocycles. The Hall–Kier alpha value is -2.41. The number of aromatic nitrogens is 1. The van der Waals surface area contributed by atoms with E-state index < -0.39 is 0 Å². The van der Waals surface area contributed by atoms with Gasteiger partial charge in [0.05, 0.1) is 12.5 Å². The highest BCUT2D eigenvalue weighted by Gasteiger charge is 2.35. The van der Waals surface area contributed by atoms with Crippen LogP contribution in [0.3, 0.4) is 0 Å². The van der Waals surface area contributed by atoms with E-state index in [4.69, 9.17) is 4.74 Å². The number of hydrogen-bond acceptors (Lipinski definition) is 5. The van der Waals surface area contributed by atoms with Crippen LogP contribution in [0.15, 0.2) is 30.5 Å². The number of hydrogen-bond donors (Lipinski definition) is 1. The Bertz CT molecular complexity index is 757. The minimum Gasteiger partial charge on any atom is -0.494 e. The fourth-order valence-electron chi connectivity index (χ4n) is 2.69. The highest BCUT2D eigenvalue weighted by molar-refractivity contribution is 7.15. The predicted molar refractivity (Wildman–Crippen MR) is 98.2 cm³/mol. The van der Waals surface area contributed by atoms with Crippen molar-refractivity contribution in [3.8, 4) is 5.75 Å². The average molecular weight is 359 g/mol. The van der Waals surface area contributed by atoms with Gasteiger partial charge >= 0.3 is 0 Å². The predicted octanol–water partition coefficient (Wildman–Crippen LogP) is 3.23. The lowest BCUT2D eigenvalue weighted by atomic mass is 10.1. The third-order valence-electron chi connectivity index (χ3n) is 3.97. The van der Waals surface area contributed by atoms with Crippen molar-refractivity contribution in [2.24, 2.45) is 5.92 Å². The Kier molecular flexibility index (Phi) is 5.33. The van der Waals surface area contributed by atoms with Crippen LogP contribution in [0.2, 0.25) is 0 Å². The molecule has 6 nitrogen and oxygen atoms in total. The highest BCUT2D eigenvalue weighted by Crippen LogP contribution is 2.28. The molecular formula is C18H21N3O3S. The van der Waals surface area contributed by atoms with Crippen LogP contribution in [0.1, 0.15) is 24.6 Å². The third kappa shape index (κ3) is 4.17. The monoisotopic (exact) mass is 359 g/mol. The molecule has 1 aromatic carbocycles. The Morgan fingerprint density at radius 3 is 2.80 bits per heavy atom. The quantitative estimate of drug-likeness (QED) is 0.859. The van der Waals surface area contributed by atoms with Crippen molar-refractivity contribution in [1.29, 1.82) is 0 Å². The molecule has 1 saturated heterocycles. The van der Waals surface area contributed by atoms with Crippen LogP contribution in [0.4, 0.5) is 10.8 Å². The van der Waals surface area contributed by atoms with Crippen molar-refractivity contribution in [3.05, 3.63) is 35.3 Å². The molecule has 0 spiro atoms. The van der Waals surface area contributed by atoms with Crippen molar-refractivity contribution in [2.75, 3.05) is 23.4 Å². The van der Waals surface area contributed by atoms with Crippen LogP contribution in [0, 0.1) is 12.8 Å². The summed E-state index contributed by atoms with van der Waals surface area (Å²) in [6.45, 7) is 5.03. The summed E-state index contributed by atoms with van der Waals surface area (Å²) in [4.78, 5) is 31.5. The Balaban J connectivity index is 1.62. The molecule has 2 heterocycles. The summed E-state index contributed by atoms with van der Waals surface area (Å²) in [5.41, 5.74) is 0.786. The van der Waals surface area contributed by atoms with E-state index in [1.807, 2.05) is 31.2 Å². The van der Waals surface area contributed by atoms with Crippen LogP contribution in [-0.4, -0.2) is 29.9 Å². The average Bonchev–Trinajstić information content (AvgIpc) is 3.19. The second kappa shape index (κ2) is 7.65. The van der Waals surface area contributed by atoms with Crippen molar-refractivity contribution in [2.45, 2.75) is 26.7 Å². The minimum atomic E-state index is -0.368. The first kappa shape index (κ1) is 17.4. The standard InChI is InChI=1S/C18H21N3O3S/c1-3-8-24-15-6-4-14(5-7-15)21-11-13(9-16(21)22)17(23)20-18-19-10-12(2)25-18/h4-7,10,13H,3,8-9,11H2,1-2H3,(H,19,20,23)/t13-/m1/s1. The fraction of sp³-hybridized carbons (Fsp3) is 0.389. The first-order chi connectivity index (χ1) is 12.1. The summed E-state index contributed by atoms with van der Waals surface area (Å²) < 4.78 is 5.55. The van der Waals surface area contributed by atoms with E-state index in [-0.39, 0.29) is 24.2 Å². The van der Waals surface area contributed by atoms with Crippen molar-refractivity contribution >= 4 is 34.0 Å². The number of amides is 2. The molecular weight excluding hydrogens is 338 g/mol. The maximum atomic E-state index is 12.4. The number of ether oxygens (including phenoxy) is 1. The normalized spacial score (nSPS) is 17.0. The SMILES string of the molecule is CCCOc1ccc(N2C[C@H](C(=O)Nc3ncc(C)s3)CC2=O)cc1. The molecule has 7 heteroatoms. The zero-order valence-corrected chi connectivity index (χ0v) is 15.1. The van der Waals surface area contributed by atoms with Gasteiger partial charge in [-0.05, 0) is 37.6 Å². The van der Waals surface area contributed by atoms with E-state index in [2.05, 4.69) is 17.2 Å². The van der Waals surface area contributed by atoms with Gasteiger partial charge in [-0.1, -0.05) is 6.92 Å². The van der Waals surface area contributed by atoms with Gasteiger partial charge in [0.25, 0.3) is 0 Å². The Morgan fingerprint density at radius 2 is 2.16 bits per heavy atom. The second-order valence-corrected chi connectivity index (χ2v) is 7.25. The van der Waals surface area contributed by atoms with Crippen molar-refractivity contribution < 1.29 is 14.3 Å². The van der Waals surface area contributed by atoms with Crippen molar-refractivity contribution in [1.82, 2.24) is 4.98 Å². The molecule has 1 fully saturated rings. The number of rotatable bonds is 6. The lowest BCUT2D eigenvalue weighted by Crippen LogP contribution is -2.28. The summed E-state index contributed by atoms with van der Waals surface area (Å²) in [6.07, 6.45) is 2.88. The second-order valence-electron chi connectivity index (χ2n) is 6.01. The molecule has 25 heavy (non-hydrogen) atoms. The smallest absolute Gasteiger partial charge is 0.231 e. The zero-order valence-electron chi connectivity index (χ0n) is 14.3. The van der Waals surface area contributed by atoms with Crippen molar-refractivity contribution in [3.63, 3.8) is 0 Å². The number of nitrogens with one attached hydrogen (secondary N) is 1.